The van der Waals surface area contributed by atoms with Crippen LogP contribution in [0.3, 0.4) is 0 Å². The Hall–Kier alpha value is -1.68. The highest BCUT2D eigenvalue weighted by molar-refractivity contribution is 5.97. The maximum absolute atomic E-state index is 11.4. The average Bonchev–Trinajstić information content (AvgIpc) is 2.26. The molecular weight excluding hydrogens is 184 g/mol. The monoisotopic (exact) mass is 194 g/mol. The van der Waals surface area contributed by atoms with E-state index in [0.29, 0.717) is 5.56 Å². The highest BCUT2D eigenvalue weighted by Gasteiger charge is 2.09. The lowest BCUT2D eigenvalue weighted by Crippen LogP contribution is -2.05. The quantitative estimate of drug-likeness (QED) is 0.450. The van der Waals surface area contributed by atoms with Gasteiger partial charge in [0, 0.05) is 12.0 Å². The number of benzene rings is 1. The van der Waals surface area contributed by atoms with Crippen molar-refractivity contribution >= 4 is 11.8 Å². The summed E-state index contributed by atoms with van der Waals surface area (Å²) in [5.41, 5.74) is 0.554. The molecule has 1 aromatic carbocycles. The van der Waals surface area contributed by atoms with Crippen LogP contribution in [0.15, 0.2) is 30.3 Å². The number of hydrogen-bond acceptors (Lipinski definition) is 4. The highest BCUT2D eigenvalue weighted by atomic mass is 17.1. The van der Waals surface area contributed by atoms with E-state index < -0.39 is 5.97 Å². The van der Waals surface area contributed by atoms with Gasteiger partial charge in [-0.3, -0.25) is 4.79 Å². The molecule has 4 heteroatoms. The van der Waals surface area contributed by atoms with Crippen LogP contribution in [0.1, 0.15) is 23.2 Å². The predicted molar refractivity (Wildman–Crippen MR) is 48.7 cm³/mol. The Morgan fingerprint density at radius 1 is 1.14 bits per heavy atom. The highest BCUT2D eigenvalue weighted by Crippen LogP contribution is 2.05. The van der Waals surface area contributed by atoms with Gasteiger partial charge in [-0.25, -0.2) is 4.79 Å². The number of carbonyl (C=O) groups is 2. The van der Waals surface area contributed by atoms with Crippen LogP contribution in [0.25, 0.3) is 0 Å². The number of ketones is 1. The fraction of sp³-hybridized carbons (Fsp3) is 0.200. The van der Waals surface area contributed by atoms with Gasteiger partial charge in [-0.2, -0.15) is 5.26 Å². The Kier molecular flexibility index (Phi) is 3.82. The van der Waals surface area contributed by atoms with Crippen molar-refractivity contribution in [3.8, 4) is 0 Å². The maximum atomic E-state index is 11.4. The molecule has 1 N–H and O–H groups in total. The van der Waals surface area contributed by atoms with Crippen molar-refractivity contribution in [2.45, 2.75) is 12.8 Å². The first-order valence-electron chi connectivity index (χ1n) is 4.16. The zero-order chi connectivity index (χ0) is 10.4. The van der Waals surface area contributed by atoms with Crippen LogP contribution in [0.4, 0.5) is 0 Å². The summed E-state index contributed by atoms with van der Waals surface area (Å²) in [4.78, 5) is 25.3. The van der Waals surface area contributed by atoms with Crippen LogP contribution >= 0.6 is 0 Å². The zero-order valence-corrected chi connectivity index (χ0v) is 7.47. The van der Waals surface area contributed by atoms with Crippen LogP contribution in [-0.4, -0.2) is 17.0 Å². The largest absolute Gasteiger partial charge is 0.342 e. The molecule has 0 radical (unpaired) electrons. The van der Waals surface area contributed by atoms with Crippen molar-refractivity contribution in [1.29, 1.82) is 0 Å². The van der Waals surface area contributed by atoms with Gasteiger partial charge in [0.15, 0.2) is 5.78 Å². The number of carbonyl (C=O) groups excluding carboxylic acids is 2. The van der Waals surface area contributed by atoms with Gasteiger partial charge in [0.2, 0.25) is 0 Å². The van der Waals surface area contributed by atoms with E-state index in [1.165, 1.54) is 0 Å². The molecule has 0 aliphatic rings. The van der Waals surface area contributed by atoms with Gasteiger partial charge in [-0.05, 0) is 0 Å². The van der Waals surface area contributed by atoms with E-state index in [4.69, 9.17) is 5.26 Å². The molecule has 0 aromatic heterocycles. The fourth-order valence-corrected chi connectivity index (χ4v) is 1.03. The average molecular weight is 194 g/mol. The normalized spacial score (nSPS) is 9.50. The van der Waals surface area contributed by atoms with Gasteiger partial charge < -0.3 is 4.89 Å². The van der Waals surface area contributed by atoms with Crippen LogP contribution in [0.2, 0.25) is 0 Å². The van der Waals surface area contributed by atoms with E-state index >= 15 is 0 Å². The van der Waals surface area contributed by atoms with E-state index in [9.17, 15) is 9.59 Å². The molecule has 0 heterocycles. The summed E-state index contributed by atoms with van der Waals surface area (Å²) < 4.78 is 0. The van der Waals surface area contributed by atoms with Gasteiger partial charge >= 0.3 is 5.97 Å². The molecule has 14 heavy (non-hydrogen) atoms. The van der Waals surface area contributed by atoms with Gasteiger partial charge in [-0.1, -0.05) is 30.3 Å². The molecule has 74 valence electrons. The Bertz CT molecular complexity index is 318. The molecule has 1 aromatic rings. The number of rotatable bonds is 4. The van der Waals surface area contributed by atoms with Crippen LogP contribution in [-0.2, 0) is 9.68 Å². The molecular formula is C10H10O4. The molecule has 0 aliphatic carbocycles. The molecule has 0 unspecified atom stereocenters. The number of Topliss-reactive ketones (excluding diaryl/α,β-unsaturated/α-hetero) is 1. The Balaban J connectivity index is 2.48. The molecule has 0 bridgehead atoms. The first-order valence-corrected chi connectivity index (χ1v) is 4.16. The summed E-state index contributed by atoms with van der Waals surface area (Å²) in [5, 5.41) is 7.96. The van der Waals surface area contributed by atoms with Crippen LogP contribution in [0.5, 0.6) is 0 Å². The molecule has 1 rings (SSSR count). The van der Waals surface area contributed by atoms with Crippen molar-refractivity contribution in [2.75, 3.05) is 0 Å². The van der Waals surface area contributed by atoms with Crippen molar-refractivity contribution in [1.82, 2.24) is 0 Å². The molecule has 0 fully saturated rings. The zero-order valence-electron chi connectivity index (χ0n) is 7.47. The smallest absolute Gasteiger partial charge is 0.301 e. The second-order valence-electron chi connectivity index (χ2n) is 2.75. The van der Waals surface area contributed by atoms with Crippen molar-refractivity contribution in [3.63, 3.8) is 0 Å². The lowest BCUT2D eigenvalue weighted by atomic mass is 10.1. The minimum absolute atomic E-state index is 0.0450. The van der Waals surface area contributed by atoms with E-state index in [1.54, 1.807) is 30.3 Å². The standard InChI is InChI=1S/C10H10O4/c11-9(6-7-10(12)14-13)8-4-2-1-3-5-8/h1-5,13H,6-7H2. The van der Waals surface area contributed by atoms with Crippen LogP contribution < -0.4 is 0 Å². The van der Waals surface area contributed by atoms with Gasteiger partial charge in [-0.15, -0.1) is 0 Å². The Labute approximate surface area is 81.1 Å². The Morgan fingerprint density at radius 2 is 1.79 bits per heavy atom. The first-order chi connectivity index (χ1) is 6.74. The molecule has 0 saturated carbocycles. The molecule has 0 spiro atoms. The molecule has 0 atom stereocenters. The van der Waals surface area contributed by atoms with E-state index in [-0.39, 0.29) is 18.6 Å². The summed E-state index contributed by atoms with van der Waals surface area (Å²) in [7, 11) is 0. The third kappa shape index (κ3) is 2.99. The van der Waals surface area contributed by atoms with Crippen molar-refractivity contribution < 1.29 is 19.7 Å². The summed E-state index contributed by atoms with van der Waals surface area (Å²) in [6, 6.07) is 8.65. The molecule has 0 saturated heterocycles. The summed E-state index contributed by atoms with van der Waals surface area (Å²) >= 11 is 0. The third-order valence-corrected chi connectivity index (χ3v) is 1.75. The van der Waals surface area contributed by atoms with Gasteiger partial charge in [0.25, 0.3) is 0 Å². The van der Waals surface area contributed by atoms with E-state index in [2.05, 4.69) is 4.89 Å². The minimum Gasteiger partial charge on any atom is -0.301 e. The minimum atomic E-state index is -0.797. The molecule has 0 amide bonds. The molecule has 0 aliphatic heterocycles. The van der Waals surface area contributed by atoms with Crippen molar-refractivity contribution in [2.24, 2.45) is 0 Å². The fourth-order valence-electron chi connectivity index (χ4n) is 1.03. The lowest BCUT2D eigenvalue weighted by Gasteiger charge is -1.98. The third-order valence-electron chi connectivity index (χ3n) is 1.75. The van der Waals surface area contributed by atoms with Crippen LogP contribution in [0, 0.1) is 0 Å². The van der Waals surface area contributed by atoms with E-state index in [1.807, 2.05) is 0 Å². The van der Waals surface area contributed by atoms with Gasteiger partial charge in [0.1, 0.15) is 0 Å². The topological polar surface area (TPSA) is 63.6 Å². The summed E-state index contributed by atoms with van der Waals surface area (Å²) in [5.74, 6) is -0.940. The number of hydrogen-bond donors (Lipinski definition) is 1. The Morgan fingerprint density at radius 3 is 2.36 bits per heavy atom. The van der Waals surface area contributed by atoms with Gasteiger partial charge in [0.05, 0.1) is 6.42 Å². The second-order valence-corrected chi connectivity index (χ2v) is 2.75. The van der Waals surface area contributed by atoms with E-state index in [0.717, 1.165) is 0 Å². The summed E-state index contributed by atoms with van der Waals surface area (Å²) in [6.07, 6.45) is -0.0619. The lowest BCUT2D eigenvalue weighted by molar-refractivity contribution is -0.234. The maximum Gasteiger partial charge on any atom is 0.342 e. The van der Waals surface area contributed by atoms with Crippen molar-refractivity contribution in [3.05, 3.63) is 35.9 Å². The predicted octanol–water partition coefficient (Wildman–Crippen LogP) is 1.67. The second kappa shape index (κ2) is 5.14. The first kappa shape index (κ1) is 10.4. The summed E-state index contributed by atoms with van der Waals surface area (Å²) in [6.45, 7) is 0. The SMILES string of the molecule is O=C(CCC(=O)c1ccccc1)OO. The molecule has 4 nitrogen and oxygen atoms in total.